The molecule has 3 atom stereocenters. The Morgan fingerprint density at radius 1 is 0.662 bits per heavy atom. The average molecular weight is 894 g/mol. The molecule has 5 aromatic rings. The normalized spacial score (nSPS) is 12.2. The number of aromatic carboxylic acids is 1. The first-order valence-corrected chi connectivity index (χ1v) is 19.3. The van der Waals surface area contributed by atoms with E-state index in [2.05, 4.69) is 26.6 Å². The van der Waals surface area contributed by atoms with Crippen LogP contribution in [-0.2, 0) is 14.3 Å². The highest BCUT2D eigenvalue weighted by Gasteiger charge is 2.34. The Morgan fingerprint density at radius 3 is 1.69 bits per heavy atom. The summed E-state index contributed by atoms with van der Waals surface area (Å²) in [7, 11) is 2.40. The highest BCUT2D eigenvalue weighted by molar-refractivity contribution is 6.10. The van der Waals surface area contributed by atoms with E-state index in [1.54, 1.807) is 13.8 Å². The molecule has 11 N–H and O–H groups in total. The lowest BCUT2D eigenvalue weighted by atomic mass is 10.1. The van der Waals surface area contributed by atoms with Gasteiger partial charge in [0.05, 0.1) is 35.7 Å². The van der Waals surface area contributed by atoms with Crippen LogP contribution in [0.25, 0.3) is 0 Å². The molecule has 3 unspecified atom stereocenters. The summed E-state index contributed by atoms with van der Waals surface area (Å²) in [4.78, 5) is 89.9. The number of quaternary nitrogens is 1. The zero-order valence-electron chi connectivity index (χ0n) is 35.0. The molecule has 0 aliphatic carbocycles. The SMILES string of the molecule is COc1cc(C(=O)O)ccc1NC(=O)c1ccc(NC(=O)c2ccc(NC(=O)C(NC(=O)c3ccc(NC(=O)c4ccc([NH+]([O-])O)cc4)cc3)C(OC)C(N)=O)cc2)c(OC(C)C)c1O. The Balaban J connectivity index is 1.26. The molecule has 0 saturated heterocycles. The van der Waals surface area contributed by atoms with Crippen LogP contribution in [0, 0.1) is 5.21 Å². The zero-order valence-corrected chi connectivity index (χ0v) is 35.0. The van der Waals surface area contributed by atoms with Crippen LogP contribution < -0.4 is 47.0 Å². The Hall–Kier alpha value is -8.37. The van der Waals surface area contributed by atoms with E-state index in [4.69, 9.17) is 25.2 Å². The number of carboxylic acids is 1. The summed E-state index contributed by atoms with van der Waals surface area (Å²) in [5.41, 5.74) is 6.01. The highest BCUT2D eigenvalue weighted by Crippen LogP contribution is 2.39. The third kappa shape index (κ3) is 12.0. The first-order valence-electron chi connectivity index (χ1n) is 19.3. The number of carbonyl (C=O) groups excluding carboxylic acids is 6. The van der Waals surface area contributed by atoms with Crippen LogP contribution in [0.2, 0.25) is 0 Å². The average Bonchev–Trinajstić information content (AvgIpc) is 3.27. The molecule has 0 aromatic heterocycles. The predicted octanol–water partition coefficient (Wildman–Crippen LogP) is 3.28. The lowest BCUT2D eigenvalue weighted by molar-refractivity contribution is -0.991. The van der Waals surface area contributed by atoms with Gasteiger partial charge < -0.3 is 61.9 Å². The van der Waals surface area contributed by atoms with E-state index < -0.39 is 70.6 Å². The number of aromatic hydroxyl groups is 1. The number of methoxy groups -OCH3 is 2. The monoisotopic (exact) mass is 893 g/mol. The quantitative estimate of drug-likeness (QED) is 0.0565. The number of hydrogen-bond acceptors (Lipinski definition) is 13. The Kier molecular flexibility index (Phi) is 15.5. The van der Waals surface area contributed by atoms with Gasteiger partial charge in [-0.25, -0.2) is 10.0 Å². The smallest absolute Gasteiger partial charge is 0.335 e. The molecule has 0 spiro atoms. The van der Waals surface area contributed by atoms with Crippen LogP contribution in [0.3, 0.4) is 0 Å². The number of carbonyl (C=O) groups is 7. The van der Waals surface area contributed by atoms with Gasteiger partial charge in [-0.1, -0.05) is 0 Å². The minimum Gasteiger partial charge on any atom is -0.595 e. The summed E-state index contributed by atoms with van der Waals surface area (Å²) < 4.78 is 16.2. The van der Waals surface area contributed by atoms with Crippen molar-refractivity contribution < 1.29 is 68.4 Å². The van der Waals surface area contributed by atoms with Crippen molar-refractivity contribution in [2.45, 2.75) is 32.1 Å². The molecule has 0 heterocycles. The minimum atomic E-state index is -1.65. The largest absolute Gasteiger partial charge is 0.595 e. The second-order valence-electron chi connectivity index (χ2n) is 14.1. The number of nitrogens with one attached hydrogen (secondary N) is 6. The number of rotatable bonds is 18. The van der Waals surface area contributed by atoms with Gasteiger partial charge in [-0.2, -0.15) is 5.23 Å². The molecule has 6 amide bonds. The van der Waals surface area contributed by atoms with Crippen molar-refractivity contribution in [3.05, 3.63) is 136 Å². The summed E-state index contributed by atoms with van der Waals surface area (Å²) in [5.74, 6) is -6.80. The number of carboxylic acid groups (broad SMARTS) is 1. The topological polar surface area (TPSA) is 322 Å². The molecule has 0 aliphatic rings. The van der Waals surface area contributed by atoms with Crippen molar-refractivity contribution in [2.75, 3.05) is 35.5 Å². The number of ether oxygens (including phenoxy) is 3. The van der Waals surface area contributed by atoms with E-state index in [9.17, 15) is 49.0 Å². The number of anilines is 4. The second kappa shape index (κ2) is 21.1. The fourth-order valence-corrected chi connectivity index (χ4v) is 6.04. The standard InChI is InChI=1S/C44H43N7O14/c1-22(2)65-36-32(20-18-30(35(36)52)42(57)48-31-19-11-26(44(59)60)21-33(31)63-3)49-40(55)23-5-14-28(15-6-23)47-43(58)34(37(64-4)38(45)53)50-41(56)24-7-12-27(13-8-24)46-39(54)25-9-16-29(17-10-25)51(61)62/h5-22,34,37,51-52,61H,1-4H3,(H2,45,53)(H,46,54)(H,47,58)(H,48,57)(H,49,55)(H,50,56)(H,59,60). The van der Waals surface area contributed by atoms with E-state index in [1.165, 1.54) is 110 Å². The van der Waals surface area contributed by atoms with Gasteiger partial charge in [0.15, 0.2) is 23.3 Å². The summed E-state index contributed by atoms with van der Waals surface area (Å²) in [6, 6.07) is 20.9. The third-order valence-electron chi connectivity index (χ3n) is 9.29. The maximum atomic E-state index is 13.6. The van der Waals surface area contributed by atoms with Crippen molar-refractivity contribution in [1.29, 1.82) is 0 Å². The van der Waals surface area contributed by atoms with Gasteiger partial charge in [0.2, 0.25) is 11.8 Å². The van der Waals surface area contributed by atoms with Gasteiger partial charge >= 0.3 is 5.97 Å². The molecule has 0 radical (unpaired) electrons. The molecule has 5 aromatic carbocycles. The van der Waals surface area contributed by atoms with Gasteiger partial charge in [-0.05, 0) is 105 Å². The summed E-state index contributed by atoms with van der Waals surface area (Å²) in [5, 5.41) is 52.3. The fraction of sp³-hybridized carbons (Fsp3) is 0.159. The van der Waals surface area contributed by atoms with Crippen LogP contribution in [-0.4, -0.2) is 89.3 Å². The van der Waals surface area contributed by atoms with Crippen LogP contribution in [0.15, 0.2) is 103 Å². The molecule has 0 bridgehead atoms. The van der Waals surface area contributed by atoms with Crippen LogP contribution in [0.1, 0.15) is 65.6 Å². The molecular weight excluding hydrogens is 851 g/mol. The number of primary amides is 1. The van der Waals surface area contributed by atoms with Gasteiger partial charge in [-0.15, -0.1) is 0 Å². The number of benzene rings is 5. The molecule has 0 saturated carbocycles. The Bertz CT molecular complexity index is 2600. The van der Waals surface area contributed by atoms with E-state index in [0.717, 1.165) is 7.11 Å². The van der Waals surface area contributed by atoms with Gasteiger partial charge in [0, 0.05) is 47.3 Å². The minimum absolute atomic E-state index is 0.00152. The number of phenolic OH excluding ortho intramolecular Hbond substituents is 1. The molecule has 0 aliphatic heterocycles. The van der Waals surface area contributed by atoms with E-state index in [-0.39, 0.29) is 62.1 Å². The highest BCUT2D eigenvalue weighted by atomic mass is 16.8. The zero-order chi connectivity index (χ0) is 47.5. The first kappa shape index (κ1) is 47.7. The predicted molar refractivity (Wildman–Crippen MR) is 233 cm³/mol. The van der Waals surface area contributed by atoms with Crippen LogP contribution >= 0.6 is 0 Å². The van der Waals surface area contributed by atoms with Crippen molar-refractivity contribution >= 4 is 69.8 Å². The van der Waals surface area contributed by atoms with Crippen molar-refractivity contribution in [1.82, 2.24) is 5.32 Å². The summed E-state index contributed by atoms with van der Waals surface area (Å²) >= 11 is 0. The third-order valence-corrected chi connectivity index (χ3v) is 9.29. The van der Waals surface area contributed by atoms with Gasteiger partial charge in [0.25, 0.3) is 23.6 Å². The van der Waals surface area contributed by atoms with E-state index in [0.29, 0.717) is 5.69 Å². The number of phenols is 1. The Labute approximate surface area is 369 Å². The molecule has 338 valence electrons. The number of nitrogens with two attached hydrogens (primary N) is 1. The van der Waals surface area contributed by atoms with Crippen LogP contribution in [0.4, 0.5) is 28.4 Å². The molecule has 21 heteroatoms. The first-order chi connectivity index (χ1) is 30.9. The van der Waals surface area contributed by atoms with Gasteiger partial charge in [-0.3, -0.25) is 28.8 Å². The maximum absolute atomic E-state index is 13.6. The molecule has 21 nitrogen and oxygen atoms in total. The molecule has 5 rings (SSSR count). The number of amides is 6. The fourth-order valence-electron chi connectivity index (χ4n) is 6.04. The summed E-state index contributed by atoms with van der Waals surface area (Å²) in [6.07, 6.45) is -2.15. The van der Waals surface area contributed by atoms with Crippen molar-refractivity contribution in [3.8, 4) is 17.2 Å². The lowest BCUT2D eigenvalue weighted by Gasteiger charge is -2.24. The maximum Gasteiger partial charge on any atom is 0.335 e. The van der Waals surface area contributed by atoms with Crippen molar-refractivity contribution in [2.24, 2.45) is 5.73 Å². The molecule has 0 fully saturated rings. The molecular formula is C44H43N7O14. The molecule has 65 heavy (non-hydrogen) atoms. The summed E-state index contributed by atoms with van der Waals surface area (Å²) in [6.45, 7) is 3.31. The van der Waals surface area contributed by atoms with Crippen molar-refractivity contribution in [3.63, 3.8) is 0 Å². The van der Waals surface area contributed by atoms with Crippen LogP contribution in [0.5, 0.6) is 17.2 Å². The van der Waals surface area contributed by atoms with E-state index >= 15 is 0 Å². The van der Waals surface area contributed by atoms with Gasteiger partial charge in [0.1, 0.15) is 11.8 Å². The number of hydrogen-bond donors (Lipinski definition) is 10. The second-order valence-corrected chi connectivity index (χ2v) is 14.1. The Morgan fingerprint density at radius 2 is 1.17 bits per heavy atom. The lowest BCUT2D eigenvalue weighted by Crippen LogP contribution is -2.99. The van der Waals surface area contributed by atoms with E-state index in [1.807, 2.05) is 0 Å².